The van der Waals surface area contributed by atoms with Gasteiger partial charge in [-0.25, -0.2) is 0 Å². The Bertz CT molecular complexity index is 398. The standard InChI is InChI=1S/C14H17N/c1-14(2,11-13-9-6-10-15-13)12-7-4-3-5-8-12/h3-10,15H,11H2,1-2H3. The predicted octanol–water partition coefficient (Wildman–Crippen LogP) is 3.54. The maximum atomic E-state index is 3.26. The summed E-state index contributed by atoms with van der Waals surface area (Å²) in [4.78, 5) is 3.26. The topological polar surface area (TPSA) is 15.8 Å². The highest BCUT2D eigenvalue weighted by molar-refractivity contribution is 5.25. The molecule has 0 fully saturated rings. The summed E-state index contributed by atoms with van der Waals surface area (Å²) in [6, 6.07) is 14.9. The van der Waals surface area contributed by atoms with E-state index in [1.165, 1.54) is 11.3 Å². The van der Waals surface area contributed by atoms with Crippen LogP contribution in [-0.4, -0.2) is 4.98 Å². The fourth-order valence-corrected chi connectivity index (χ4v) is 1.95. The van der Waals surface area contributed by atoms with E-state index in [9.17, 15) is 0 Å². The van der Waals surface area contributed by atoms with Gasteiger partial charge in [0.15, 0.2) is 0 Å². The van der Waals surface area contributed by atoms with E-state index in [0.29, 0.717) is 0 Å². The van der Waals surface area contributed by atoms with E-state index in [2.05, 4.69) is 61.3 Å². The molecule has 15 heavy (non-hydrogen) atoms. The summed E-state index contributed by atoms with van der Waals surface area (Å²) in [7, 11) is 0. The molecule has 0 aliphatic carbocycles. The van der Waals surface area contributed by atoms with Crippen molar-refractivity contribution in [3.8, 4) is 0 Å². The first-order valence-corrected chi connectivity index (χ1v) is 5.36. The van der Waals surface area contributed by atoms with Gasteiger partial charge in [-0.15, -0.1) is 0 Å². The van der Waals surface area contributed by atoms with Crippen LogP contribution in [0.15, 0.2) is 48.7 Å². The van der Waals surface area contributed by atoms with E-state index in [1.807, 2.05) is 6.20 Å². The highest BCUT2D eigenvalue weighted by Crippen LogP contribution is 2.26. The molecule has 0 radical (unpaired) electrons. The minimum atomic E-state index is 0.187. The quantitative estimate of drug-likeness (QED) is 0.778. The molecule has 0 atom stereocenters. The van der Waals surface area contributed by atoms with E-state index in [-0.39, 0.29) is 5.41 Å². The third kappa shape index (κ3) is 2.30. The average Bonchev–Trinajstić information content (AvgIpc) is 2.71. The molecule has 0 saturated heterocycles. The molecule has 1 nitrogen and oxygen atoms in total. The second-order valence-electron chi connectivity index (χ2n) is 4.62. The zero-order valence-electron chi connectivity index (χ0n) is 9.33. The number of benzene rings is 1. The fourth-order valence-electron chi connectivity index (χ4n) is 1.95. The molecule has 0 aliphatic heterocycles. The number of hydrogen-bond acceptors (Lipinski definition) is 0. The number of H-pyrrole nitrogens is 1. The molecule has 0 unspecified atom stereocenters. The molecule has 2 aromatic rings. The van der Waals surface area contributed by atoms with Gasteiger partial charge in [-0.05, 0) is 29.5 Å². The van der Waals surface area contributed by atoms with Gasteiger partial charge < -0.3 is 4.98 Å². The summed E-state index contributed by atoms with van der Waals surface area (Å²) >= 11 is 0. The van der Waals surface area contributed by atoms with Crippen LogP contribution in [0.3, 0.4) is 0 Å². The van der Waals surface area contributed by atoms with E-state index in [4.69, 9.17) is 0 Å². The van der Waals surface area contributed by atoms with Gasteiger partial charge in [-0.3, -0.25) is 0 Å². The Hall–Kier alpha value is -1.50. The van der Waals surface area contributed by atoms with Gasteiger partial charge in [0.05, 0.1) is 0 Å². The van der Waals surface area contributed by atoms with Crippen molar-refractivity contribution >= 4 is 0 Å². The van der Waals surface area contributed by atoms with Gasteiger partial charge in [0.1, 0.15) is 0 Å². The first kappa shape index (κ1) is 10.0. The summed E-state index contributed by atoms with van der Waals surface area (Å²) < 4.78 is 0. The predicted molar refractivity (Wildman–Crippen MR) is 64.0 cm³/mol. The molecule has 1 heterocycles. The van der Waals surface area contributed by atoms with Crippen LogP contribution in [0.1, 0.15) is 25.1 Å². The number of rotatable bonds is 3. The number of hydrogen-bond donors (Lipinski definition) is 1. The summed E-state index contributed by atoms with van der Waals surface area (Å²) in [6.07, 6.45) is 3.03. The first-order chi connectivity index (χ1) is 7.18. The van der Waals surface area contributed by atoms with Crippen molar-refractivity contribution in [3.05, 3.63) is 59.9 Å². The molecule has 1 heteroatoms. The van der Waals surface area contributed by atoms with Gasteiger partial charge >= 0.3 is 0 Å². The second-order valence-corrected chi connectivity index (χ2v) is 4.62. The lowest BCUT2D eigenvalue weighted by Gasteiger charge is -2.24. The minimum Gasteiger partial charge on any atom is -0.365 e. The largest absolute Gasteiger partial charge is 0.365 e. The van der Waals surface area contributed by atoms with Gasteiger partial charge in [-0.1, -0.05) is 44.2 Å². The van der Waals surface area contributed by atoms with Crippen LogP contribution in [0.4, 0.5) is 0 Å². The van der Waals surface area contributed by atoms with Crippen LogP contribution in [0.5, 0.6) is 0 Å². The van der Waals surface area contributed by atoms with E-state index < -0.39 is 0 Å². The van der Waals surface area contributed by atoms with E-state index in [1.54, 1.807) is 0 Å². The Morgan fingerprint density at radius 1 is 1.00 bits per heavy atom. The highest BCUT2D eigenvalue weighted by Gasteiger charge is 2.20. The lowest BCUT2D eigenvalue weighted by Crippen LogP contribution is -2.20. The smallest absolute Gasteiger partial charge is 0.0155 e. The summed E-state index contributed by atoms with van der Waals surface area (Å²) in [5.74, 6) is 0. The Morgan fingerprint density at radius 3 is 2.33 bits per heavy atom. The van der Waals surface area contributed by atoms with E-state index in [0.717, 1.165) is 6.42 Å². The third-order valence-electron chi connectivity index (χ3n) is 2.85. The lowest BCUT2D eigenvalue weighted by atomic mass is 9.81. The molecule has 0 amide bonds. The van der Waals surface area contributed by atoms with Crippen molar-refractivity contribution in [2.75, 3.05) is 0 Å². The number of nitrogens with one attached hydrogen (secondary N) is 1. The van der Waals surface area contributed by atoms with Crippen LogP contribution in [0.2, 0.25) is 0 Å². The summed E-state index contributed by atoms with van der Waals surface area (Å²) in [5.41, 5.74) is 2.87. The molecular formula is C14H17N. The van der Waals surface area contributed by atoms with Crippen LogP contribution in [-0.2, 0) is 11.8 Å². The molecular weight excluding hydrogens is 182 g/mol. The third-order valence-corrected chi connectivity index (χ3v) is 2.85. The maximum Gasteiger partial charge on any atom is 0.0155 e. The van der Waals surface area contributed by atoms with Crippen molar-refractivity contribution in [2.45, 2.75) is 25.7 Å². The molecule has 78 valence electrons. The number of aromatic nitrogens is 1. The maximum absolute atomic E-state index is 3.26. The van der Waals surface area contributed by atoms with Gasteiger partial charge in [0, 0.05) is 11.9 Å². The molecule has 0 saturated carbocycles. The fraction of sp³-hybridized carbons (Fsp3) is 0.286. The van der Waals surface area contributed by atoms with Crippen LogP contribution >= 0.6 is 0 Å². The Labute approximate surface area is 91.2 Å². The Kier molecular flexibility index (Phi) is 2.63. The molecule has 2 rings (SSSR count). The van der Waals surface area contributed by atoms with Crippen molar-refractivity contribution in [1.29, 1.82) is 0 Å². The summed E-state index contributed by atoms with van der Waals surface area (Å²) in [5, 5.41) is 0. The van der Waals surface area contributed by atoms with Crippen molar-refractivity contribution in [2.24, 2.45) is 0 Å². The molecule has 1 N–H and O–H groups in total. The highest BCUT2D eigenvalue weighted by atomic mass is 14.7. The van der Waals surface area contributed by atoms with Crippen molar-refractivity contribution in [3.63, 3.8) is 0 Å². The monoisotopic (exact) mass is 199 g/mol. The van der Waals surface area contributed by atoms with E-state index >= 15 is 0 Å². The second kappa shape index (κ2) is 3.93. The lowest BCUT2D eigenvalue weighted by molar-refractivity contribution is 0.516. The molecule has 1 aromatic carbocycles. The molecule has 0 aliphatic rings. The summed E-state index contributed by atoms with van der Waals surface area (Å²) in [6.45, 7) is 4.56. The Morgan fingerprint density at radius 2 is 1.73 bits per heavy atom. The normalized spacial score (nSPS) is 11.6. The molecule has 1 aromatic heterocycles. The SMILES string of the molecule is CC(C)(Cc1ccc[nH]1)c1ccccc1. The van der Waals surface area contributed by atoms with Crippen molar-refractivity contribution < 1.29 is 0 Å². The first-order valence-electron chi connectivity index (χ1n) is 5.36. The van der Waals surface area contributed by atoms with Gasteiger partial charge in [0.2, 0.25) is 0 Å². The average molecular weight is 199 g/mol. The number of aromatic amines is 1. The van der Waals surface area contributed by atoms with Crippen LogP contribution in [0, 0.1) is 0 Å². The minimum absolute atomic E-state index is 0.187. The van der Waals surface area contributed by atoms with Gasteiger partial charge in [-0.2, -0.15) is 0 Å². The zero-order valence-corrected chi connectivity index (χ0v) is 9.33. The van der Waals surface area contributed by atoms with Crippen LogP contribution in [0.25, 0.3) is 0 Å². The molecule has 0 bridgehead atoms. The van der Waals surface area contributed by atoms with Crippen molar-refractivity contribution in [1.82, 2.24) is 4.98 Å². The van der Waals surface area contributed by atoms with Crippen LogP contribution < -0.4 is 0 Å². The Balaban J connectivity index is 2.20. The zero-order chi connectivity index (χ0) is 10.7. The van der Waals surface area contributed by atoms with Gasteiger partial charge in [0.25, 0.3) is 0 Å². The molecule has 0 spiro atoms.